The van der Waals surface area contributed by atoms with Gasteiger partial charge in [0.25, 0.3) is 0 Å². The third-order valence-electron chi connectivity index (χ3n) is 2.55. The molecule has 0 aromatic heterocycles. The Balaban J connectivity index is 4.22. The van der Waals surface area contributed by atoms with Gasteiger partial charge in [-0.3, -0.25) is 24.2 Å². The van der Waals surface area contributed by atoms with Gasteiger partial charge in [-0.15, -0.1) is 0 Å². The fourth-order valence-corrected chi connectivity index (χ4v) is 1.58. The van der Waals surface area contributed by atoms with Crippen LogP contribution in [0.4, 0.5) is 0 Å². The van der Waals surface area contributed by atoms with Crippen LogP contribution in [0.5, 0.6) is 0 Å². The van der Waals surface area contributed by atoms with Gasteiger partial charge in [0.05, 0.1) is 13.1 Å². The Labute approximate surface area is 121 Å². The van der Waals surface area contributed by atoms with Gasteiger partial charge in [-0.05, 0) is 7.05 Å². The molecule has 0 spiro atoms. The average molecular weight is 307 g/mol. The van der Waals surface area contributed by atoms with Crippen LogP contribution in [0.15, 0.2) is 0 Å². The largest absolute Gasteiger partial charge is 0.480 e. The van der Waals surface area contributed by atoms with E-state index in [4.69, 9.17) is 15.3 Å². The minimum absolute atomic E-state index is 0.0256. The zero-order valence-electron chi connectivity index (χ0n) is 11.8. The minimum Gasteiger partial charge on any atom is -0.480 e. The molecule has 0 aliphatic carbocycles. The smallest absolute Gasteiger partial charge is 0.320 e. The zero-order valence-corrected chi connectivity index (χ0v) is 11.8. The Morgan fingerprint density at radius 3 is 1.71 bits per heavy atom. The molecular formula is C11H21N3O7. The second-order valence-corrected chi connectivity index (χ2v) is 4.58. The SMILES string of the molecule is CN(CCN(CCN(O)CC(=O)O)CC(=O)O)CC(=O)O. The van der Waals surface area contributed by atoms with Gasteiger partial charge in [0.2, 0.25) is 0 Å². The molecule has 21 heavy (non-hydrogen) atoms. The molecule has 0 amide bonds. The zero-order chi connectivity index (χ0) is 16.4. The van der Waals surface area contributed by atoms with Crippen molar-refractivity contribution in [1.82, 2.24) is 14.9 Å². The van der Waals surface area contributed by atoms with Crippen molar-refractivity contribution in [3.63, 3.8) is 0 Å². The lowest BCUT2D eigenvalue weighted by Crippen LogP contribution is -2.42. The fourth-order valence-electron chi connectivity index (χ4n) is 1.58. The van der Waals surface area contributed by atoms with E-state index in [-0.39, 0.29) is 32.7 Å². The van der Waals surface area contributed by atoms with Gasteiger partial charge in [-0.25, -0.2) is 0 Å². The van der Waals surface area contributed by atoms with E-state index in [1.807, 2.05) is 0 Å². The number of nitrogens with zero attached hydrogens (tertiary/aromatic N) is 3. The maximum Gasteiger partial charge on any atom is 0.320 e. The van der Waals surface area contributed by atoms with Gasteiger partial charge in [-0.1, -0.05) is 0 Å². The highest BCUT2D eigenvalue weighted by Crippen LogP contribution is 1.93. The maximum absolute atomic E-state index is 10.7. The summed E-state index contributed by atoms with van der Waals surface area (Å²) in [7, 11) is 1.59. The second-order valence-electron chi connectivity index (χ2n) is 4.58. The van der Waals surface area contributed by atoms with E-state index < -0.39 is 24.5 Å². The van der Waals surface area contributed by atoms with E-state index in [0.717, 1.165) is 0 Å². The maximum atomic E-state index is 10.7. The molecule has 0 fully saturated rings. The van der Waals surface area contributed by atoms with Gasteiger partial charge in [-0.2, -0.15) is 5.06 Å². The standard InChI is InChI=1S/C11H21N3O7/c1-12(6-9(15)16)2-3-13(7-10(17)18)4-5-14(21)8-11(19)20/h21H,2-8H2,1H3,(H,15,16)(H,17,18)(H,19,20). The first-order valence-electron chi connectivity index (χ1n) is 6.20. The van der Waals surface area contributed by atoms with Crippen LogP contribution in [0.25, 0.3) is 0 Å². The Morgan fingerprint density at radius 1 is 0.762 bits per heavy atom. The molecular weight excluding hydrogens is 286 g/mol. The molecule has 0 saturated heterocycles. The van der Waals surface area contributed by atoms with Crippen LogP contribution in [0.1, 0.15) is 0 Å². The number of hydroxylamine groups is 2. The number of hydrogen-bond acceptors (Lipinski definition) is 7. The van der Waals surface area contributed by atoms with Crippen LogP contribution in [0.2, 0.25) is 0 Å². The van der Waals surface area contributed by atoms with E-state index in [1.165, 1.54) is 9.80 Å². The Hall–Kier alpha value is -1.75. The van der Waals surface area contributed by atoms with Crippen molar-refractivity contribution in [1.29, 1.82) is 0 Å². The molecule has 0 aromatic rings. The highest BCUT2D eigenvalue weighted by Gasteiger charge is 2.14. The van der Waals surface area contributed by atoms with Gasteiger partial charge >= 0.3 is 17.9 Å². The number of likely N-dealkylation sites (N-methyl/N-ethyl adjacent to an activating group) is 1. The Bertz CT molecular complexity index is 338. The third kappa shape index (κ3) is 11.8. The van der Waals surface area contributed by atoms with E-state index in [0.29, 0.717) is 11.6 Å². The topological polar surface area (TPSA) is 142 Å². The fraction of sp³-hybridized carbons (Fsp3) is 0.727. The quantitative estimate of drug-likeness (QED) is 0.304. The monoisotopic (exact) mass is 307 g/mol. The van der Waals surface area contributed by atoms with Gasteiger partial charge in [0, 0.05) is 26.2 Å². The lowest BCUT2D eigenvalue weighted by molar-refractivity contribution is -0.154. The first-order valence-corrected chi connectivity index (χ1v) is 6.20. The van der Waals surface area contributed by atoms with Crippen molar-refractivity contribution in [2.75, 3.05) is 52.9 Å². The predicted octanol–water partition coefficient (Wildman–Crippen LogP) is -1.83. The van der Waals surface area contributed by atoms with Crippen LogP contribution in [-0.2, 0) is 14.4 Å². The molecule has 0 aliphatic rings. The van der Waals surface area contributed by atoms with Gasteiger partial charge in [0.15, 0.2) is 0 Å². The van der Waals surface area contributed by atoms with Gasteiger partial charge in [0.1, 0.15) is 6.54 Å². The molecule has 0 bridgehead atoms. The molecule has 0 rings (SSSR count). The van der Waals surface area contributed by atoms with Crippen molar-refractivity contribution in [2.24, 2.45) is 0 Å². The number of aliphatic carboxylic acids is 3. The third-order valence-corrected chi connectivity index (χ3v) is 2.55. The van der Waals surface area contributed by atoms with Crippen molar-refractivity contribution in [3.8, 4) is 0 Å². The van der Waals surface area contributed by atoms with E-state index in [9.17, 15) is 19.6 Å². The van der Waals surface area contributed by atoms with Crippen LogP contribution in [-0.4, -0.2) is 106 Å². The lowest BCUT2D eigenvalue weighted by Gasteiger charge is -2.24. The van der Waals surface area contributed by atoms with Crippen molar-refractivity contribution in [2.45, 2.75) is 0 Å². The predicted molar refractivity (Wildman–Crippen MR) is 70.2 cm³/mol. The van der Waals surface area contributed by atoms with Crippen LogP contribution < -0.4 is 0 Å². The number of carbonyl (C=O) groups is 3. The van der Waals surface area contributed by atoms with Gasteiger partial charge < -0.3 is 20.5 Å². The summed E-state index contributed by atoms with van der Waals surface area (Å²) in [5.74, 6) is -3.23. The summed E-state index contributed by atoms with van der Waals surface area (Å²) in [6.45, 7) is -0.242. The van der Waals surface area contributed by atoms with Crippen molar-refractivity contribution in [3.05, 3.63) is 0 Å². The minimum atomic E-state index is -1.19. The lowest BCUT2D eigenvalue weighted by atomic mass is 10.4. The molecule has 0 atom stereocenters. The summed E-state index contributed by atoms with van der Waals surface area (Å²) >= 11 is 0. The van der Waals surface area contributed by atoms with E-state index >= 15 is 0 Å². The molecule has 0 heterocycles. The summed E-state index contributed by atoms with van der Waals surface area (Å²) in [5, 5.41) is 35.7. The molecule has 0 unspecified atom stereocenters. The summed E-state index contributed by atoms with van der Waals surface area (Å²) in [6, 6.07) is 0. The summed E-state index contributed by atoms with van der Waals surface area (Å²) in [5.41, 5.74) is 0. The highest BCUT2D eigenvalue weighted by molar-refractivity contribution is 5.69. The number of carboxylic acids is 3. The average Bonchev–Trinajstić information content (AvgIpc) is 2.30. The number of hydrogen-bond donors (Lipinski definition) is 4. The van der Waals surface area contributed by atoms with Crippen molar-refractivity contribution >= 4 is 17.9 Å². The first-order chi connectivity index (χ1) is 9.70. The van der Waals surface area contributed by atoms with E-state index in [1.54, 1.807) is 7.05 Å². The number of rotatable bonds is 12. The molecule has 4 N–H and O–H groups in total. The molecule has 0 aliphatic heterocycles. The van der Waals surface area contributed by atoms with Crippen LogP contribution >= 0.6 is 0 Å². The van der Waals surface area contributed by atoms with Crippen molar-refractivity contribution < 1.29 is 34.9 Å². The molecule has 10 nitrogen and oxygen atoms in total. The molecule has 0 saturated carbocycles. The van der Waals surface area contributed by atoms with Crippen LogP contribution in [0.3, 0.4) is 0 Å². The summed E-state index contributed by atoms with van der Waals surface area (Å²) in [6.07, 6.45) is 0. The molecule has 10 heteroatoms. The number of carboxylic acid groups (broad SMARTS) is 3. The Morgan fingerprint density at radius 2 is 1.24 bits per heavy atom. The molecule has 122 valence electrons. The summed E-state index contributed by atoms with van der Waals surface area (Å²) in [4.78, 5) is 34.6. The summed E-state index contributed by atoms with van der Waals surface area (Å²) < 4.78 is 0. The second kappa shape index (κ2) is 10.0. The normalized spacial score (nSPS) is 11.3. The molecule has 0 aromatic carbocycles. The van der Waals surface area contributed by atoms with Crippen LogP contribution in [0, 0.1) is 0 Å². The highest BCUT2D eigenvalue weighted by atomic mass is 16.5. The molecule has 0 radical (unpaired) electrons. The first kappa shape index (κ1) is 19.2. The Kier molecular flexibility index (Phi) is 9.21. The van der Waals surface area contributed by atoms with E-state index in [2.05, 4.69) is 0 Å².